The number of ether oxygens (including phenoxy) is 1. The monoisotopic (exact) mass is 194 g/mol. The first-order valence-corrected chi connectivity index (χ1v) is 5.65. The molecule has 80 valence electrons. The molecule has 2 radical (unpaired) electrons. The molecule has 0 amide bonds. The third-order valence-corrected chi connectivity index (χ3v) is 3.69. The zero-order chi connectivity index (χ0) is 11.1. The molecule has 2 heteroatoms. The van der Waals surface area contributed by atoms with Crippen molar-refractivity contribution < 1.29 is 4.74 Å². The van der Waals surface area contributed by atoms with Crippen LogP contribution < -0.4 is 0 Å². The minimum Gasteiger partial charge on any atom is -0.380 e. The molecule has 14 heavy (non-hydrogen) atoms. The first kappa shape index (κ1) is 12.1. The molecule has 0 aliphatic carbocycles. The average molecular weight is 194 g/mol. The average Bonchev–Trinajstić information content (AvgIpc) is 2.24. The van der Waals surface area contributed by atoms with Crippen LogP contribution in [0.2, 0.25) is 0 Å². The van der Waals surface area contributed by atoms with Crippen LogP contribution in [-0.2, 0) is 4.74 Å². The van der Waals surface area contributed by atoms with Crippen LogP contribution >= 0.6 is 0 Å². The second-order valence-electron chi connectivity index (χ2n) is 5.99. The summed E-state index contributed by atoms with van der Waals surface area (Å²) in [4.78, 5) is 0. The van der Waals surface area contributed by atoms with Crippen molar-refractivity contribution in [2.45, 2.75) is 59.6 Å². The molecule has 0 aromatic carbocycles. The SMILES string of the molecule is [B]C1CC(C)C(C(C)C)(C(C)(C)C)O1. The van der Waals surface area contributed by atoms with Gasteiger partial charge in [0.15, 0.2) is 0 Å². The molecule has 0 aromatic rings. The van der Waals surface area contributed by atoms with Crippen molar-refractivity contribution in [1.29, 1.82) is 0 Å². The molecule has 3 atom stereocenters. The van der Waals surface area contributed by atoms with Gasteiger partial charge in [-0.2, -0.15) is 0 Å². The molecule has 0 spiro atoms. The van der Waals surface area contributed by atoms with E-state index in [0.29, 0.717) is 11.8 Å². The Labute approximate surface area is 90.0 Å². The van der Waals surface area contributed by atoms with E-state index in [4.69, 9.17) is 12.6 Å². The third kappa shape index (κ3) is 1.62. The number of rotatable bonds is 1. The fourth-order valence-corrected chi connectivity index (χ4v) is 3.43. The van der Waals surface area contributed by atoms with Crippen molar-refractivity contribution in [3.63, 3.8) is 0 Å². The van der Waals surface area contributed by atoms with E-state index in [1.54, 1.807) is 0 Å². The molecule has 1 rings (SSSR count). The fourth-order valence-electron chi connectivity index (χ4n) is 3.43. The Kier molecular flexibility index (Phi) is 3.07. The Bertz CT molecular complexity index is 207. The molecule has 1 aliphatic heterocycles. The molecule has 0 bridgehead atoms. The van der Waals surface area contributed by atoms with E-state index >= 15 is 0 Å². The van der Waals surface area contributed by atoms with Crippen LogP contribution in [0.3, 0.4) is 0 Å². The van der Waals surface area contributed by atoms with E-state index in [1.807, 2.05) is 0 Å². The summed E-state index contributed by atoms with van der Waals surface area (Å²) < 4.78 is 6.06. The predicted molar refractivity (Wildman–Crippen MR) is 61.4 cm³/mol. The van der Waals surface area contributed by atoms with Gasteiger partial charge >= 0.3 is 0 Å². The van der Waals surface area contributed by atoms with Gasteiger partial charge in [0.2, 0.25) is 0 Å². The predicted octanol–water partition coefficient (Wildman–Crippen LogP) is 2.98. The summed E-state index contributed by atoms with van der Waals surface area (Å²) in [6.07, 6.45) is 0.982. The van der Waals surface area contributed by atoms with Gasteiger partial charge in [-0.15, -0.1) is 0 Å². The molecule has 1 nitrogen and oxygen atoms in total. The Morgan fingerprint density at radius 3 is 2.00 bits per heavy atom. The zero-order valence-corrected chi connectivity index (χ0v) is 10.4. The van der Waals surface area contributed by atoms with Crippen LogP contribution in [0.25, 0.3) is 0 Å². The second-order valence-corrected chi connectivity index (χ2v) is 5.99. The van der Waals surface area contributed by atoms with E-state index < -0.39 is 0 Å². The molecule has 1 saturated heterocycles. The molecule has 1 aliphatic rings. The molecular formula is C12H23BO. The van der Waals surface area contributed by atoms with Gasteiger partial charge in [-0.25, -0.2) is 0 Å². The Balaban J connectivity index is 3.06. The summed E-state index contributed by atoms with van der Waals surface area (Å²) in [6.45, 7) is 13.5. The van der Waals surface area contributed by atoms with Crippen molar-refractivity contribution in [3.8, 4) is 0 Å². The lowest BCUT2D eigenvalue weighted by molar-refractivity contribution is -0.139. The fraction of sp³-hybridized carbons (Fsp3) is 1.00. The van der Waals surface area contributed by atoms with Crippen molar-refractivity contribution in [2.75, 3.05) is 0 Å². The lowest BCUT2D eigenvalue weighted by atomic mass is 9.64. The smallest absolute Gasteiger partial charge is 0.109 e. The summed E-state index contributed by atoms with van der Waals surface area (Å²) >= 11 is 0. The minimum atomic E-state index is -0.0772. The van der Waals surface area contributed by atoms with Crippen molar-refractivity contribution in [2.24, 2.45) is 17.3 Å². The Hall–Kier alpha value is 0.0249. The van der Waals surface area contributed by atoms with Crippen molar-refractivity contribution in [3.05, 3.63) is 0 Å². The van der Waals surface area contributed by atoms with Crippen molar-refractivity contribution >= 4 is 7.85 Å². The summed E-state index contributed by atoms with van der Waals surface area (Å²) in [6, 6.07) is -0.0772. The van der Waals surface area contributed by atoms with Crippen molar-refractivity contribution in [1.82, 2.24) is 0 Å². The van der Waals surface area contributed by atoms with Crippen LogP contribution in [0.1, 0.15) is 48.0 Å². The van der Waals surface area contributed by atoms with E-state index in [1.165, 1.54) is 0 Å². The minimum absolute atomic E-state index is 0.0631. The molecular weight excluding hydrogens is 171 g/mol. The van der Waals surface area contributed by atoms with Gasteiger partial charge in [0.25, 0.3) is 0 Å². The molecule has 0 aromatic heterocycles. The van der Waals surface area contributed by atoms with E-state index in [9.17, 15) is 0 Å². The Morgan fingerprint density at radius 2 is 1.86 bits per heavy atom. The number of hydrogen-bond acceptors (Lipinski definition) is 1. The van der Waals surface area contributed by atoms with Gasteiger partial charge in [0, 0.05) is 6.00 Å². The molecule has 3 unspecified atom stereocenters. The van der Waals surface area contributed by atoms with Crippen LogP contribution in [0.4, 0.5) is 0 Å². The maximum Gasteiger partial charge on any atom is 0.109 e. The summed E-state index contributed by atoms with van der Waals surface area (Å²) in [5.74, 6) is 1.04. The standard InChI is InChI=1S/C12H23BO/c1-8(2)12(11(4,5)6)9(3)7-10(13)14-12/h8-10H,7H2,1-6H3. The van der Waals surface area contributed by atoms with E-state index in [2.05, 4.69) is 41.5 Å². The molecule has 0 N–H and O–H groups in total. The second kappa shape index (κ2) is 3.55. The van der Waals surface area contributed by atoms with E-state index in [0.717, 1.165) is 6.42 Å². The van der Waals surface area contributed by atoms with Crippen LogP contribution in [0.15, 0.2) is 0 Å². The largest absolute Gasteiger partial charge is 0.380 e. The summed E-state index contributed by atoms with van der Waals surface area (Å²) in [5, 5.41) is 0. The zero-order valence-electron chi connectivity index (χ0n) is 10.4. The van der Waals surface area contributed by atoms with Gasteiger partial charge in [-0.05, 0) is 23.7 Å². The first-order chi connectivity index (χ1) is 6.22. The van der Waals surface area contributed by atoms with Gasteiger partial charge in [-0.3, -0.25) is 0 Å². The molecule has 1 heterocycles. The van der Waals surface area contributed by atoms with Gasteiger partial charge in [-0.1, -0.05) is 41.5 Å². The number of hydrogen-bond donors (Lipinski definition) is 0. The lowest BCUT2D eigenvalue weighted by Crippen LogP contribution is -2.51. The highest BCUT2D eigenvalue weighted by molar-refractivity contribution is 6.11. The maximum atomic E-state index is 6.06. The topological polar surface area (TPSA) is 9.23 Å². The highest BCUT2D eigenvalue weighted by Crippen LogP contribution is 2.51. The highest BCUT2D eigenvalue weighted by atomic mass is 16.5. The molecule has 0 saturated carbocycles. The lowest BCUT2D eigenvalue weighted by Gasteiger charge is -2.48. The van der Waals surface area contributed by atoms with Crippen LogP contribution in [-0.4, -0.2) is 19.5 Å². The normalized spacial score (nSPS) is 39.4. The molecule has 1 fully saturated rings. The first-order valence-electron chi connectivity index (χ1n) is 5.65. The van der Waals surface area contributed by atoms with Crippen LogP contribution in [0, 0.1) is 17.3 Å². The van der Waals surface area contributed by atoms with Gasteiger partial charge < -0.3 is 4.74 Å². The van der Waals surface area contributed by atoms with E-state index in [-0.39, 0.29) is 17.0 Å². The highest BCUT2D eigenvalue weighted by Gasteiger charge is 2.54. The van der Waals surface area contributed by atoms with Crippen LogP contribution in [0.5, 0.6) is 0 Å². The summed E-state index contributed by atoms with van der Waals surface area (Å²) in [7, 11) is 5.91. The summed E-state index contributed by atoms with van der Waals surface area (Å²) in [5.41, 5.74) is 0.0844. The quantitative estimate of drug-likeness (QED) is 0.583. The third-order valence-electron chi connectivity index (χ3n) is 3.69. The Morgan fingerprint density at radius 1 is 1.36 bits per heavy atom. The maximum absolute atomic E-state index is 6.06. The van der Waals surface area contributed by atoms with Gasteiger partial charge in [0.1, 0.15) is 7.85 Å². The van der Waals surface area contributed by atoms with Gasteiger partial charge in [0.05, 0.1) is 5.60 Å².